The maximum Gasteiger partial charge on any atom is 0.255 e. The normalized spacial score (nSPS) is 17.0. The van der Waals surface area contributed by atoms with E-state index in [1.165, 1.54) is 36.4 Å². The fourth-order valence-corrected chi connectivity index (χ4v) is 4.01. The van der Waals surface area contributed by atoms with E-state index >= 15 is 0 Å². The van der Waals surface area contributed by atoms with Gasteiger partial charge in [0.25, 0.3) is 5.91 Å². The Hall–Kier alpha value is -1.64. The molecule has 1 amide bonds. The first-order valence-corrected chi connectivity index (χ1v) is 10.6. The Kier molecular flexibility index (Phi) is 6.39. The van der Waals surface area contributed by atoms with Crippen molar-refractivity contribution in [1.29, 1.82) is 0 Å². The van der Waals surface area contributed by atoms with Gasteiger partial charge in [0.15, 0.2) is 0 Å². The summed E-state index contributed by atoms with van der Waals surface area (Å²) in [6, 6.07) is 10.5. The van der Waals surface area contributed by atoms with E-state index in [0.29, 0.717) is 22.9 Å². The molecule has 0 aliphatic carbocycles. The second-order valence-electron chi connectivity index (χ2n) is 6.09. The van der Waals surface area contributed by atoms with Crippen LogP contribution in [0, 0.1) is 0 Å². The monoisotopic (exact) mass is 428 g/mol. The lowest BCUT2D eigenvalue weighted by molar-refractivity contribution is 0.102. The van der Waals surface area contributed by atoms with Gasteiger partial charge in [0.05, 0.1) is 21.0 Å². The molecule has 0 aromatic heterocycles. The summed E-state index contributed by atoms with van der Waals surface area (Å²) in [5.41, 5.74) is 0.809. The van der Waals surface area contributed by atoms with E-state index in [1.54, 1.807) is 6.07 Å². The minimum atomic E-state index is -3.63. The van der Waals surface area contributed by atoms with Crippen LogP contribution in [0.3, 0.4) is 0 Å². The quantitative estimate of drug-likeness (QED) is 0.734. The van der Waals surface area contributed by atoms with E-state index in [4.69, 9.17) is 27.9 Å². The third-order valence-electron chi connectivity index (χ3n) is 4.13. The molecule has 1 atom stereocenters. The Morgan fingerprint density at radius 3 is 2.48 bits per heavy atom. The standard InChI is InChI=1S/C18H18Cl2N2O4S/c19-16-8-3-12(10-17(16)20)18(23)22-13-4-6-15(7-5-13)27(24,25)21-11-14-2-1-9-26-14/h3-8,10,14,21H,1-2,9,11H2,(H,22,23)/t14-/m0/s1. The molecule has 2 aromatic rings. The minimum absolute atomic E-state index is 0.0791. The lowest BCUT2D eigenvalue weighted by Gasteiger charge is -2.12. The number of carbonyl (C=O) groups is 1. The summed E-state index contributed by atoms with van der Waals surface area (Å²) >= 11 is 11.8. The summed E-state index contributed by atoms with van der Waals surface area (Å²) < 4.78 is 32.6. The van der Waals surface area contributed by atoms with E-state index < -0.39 is 10.0 Å². The van der Waals surface area contributed by atoms with Gasteiger partial charge in [-0.15, -0.1) is 0 Å². The summed E-state index contributed by atoms with van der Waals surface area (Å²) in [4.78, 5) is 12.4. The number of hydrogen-bond donors (Lipinski definition) is 2. The number of benzene rings is 2. The van der Waals surface area contributed by atoms with Crippen molar-refractivity contribution in [3.63, 3.8) is 0 Å². The highest BCUT2D eigenvalue weighted by Crippen LogP contribution is 2.23. The van der Waals surface area contributed by atoms with Crippen molar-refractivity contribution in [1.82, 2.24) is 4.72 Å². The molecule has 144 valence electrons. The van der Waals surface area contributed by atoms with Crippen LogP contribution in [0.15, 0.2) is 47.4 Å². The van der Waals surface area contributed by atoms with Crippen LogP contribution in [0.2, 0.25) is 10.0 Å². The first kappa shape index (κ1) is 20.1. The van der Waals surface area contributed by atoms with Crippen LogP contribution in [-0.2, 0) is 14.8 Å². The molecule has 2 N–H and O–H groups in total. The van der Waals surface area contributed by atoms with E-state index in [9.17, 15) is 13.2 Å². The van der Waals surface area contributed by atoms with Crippen LogP contribution in [0.1, 0.15) is 23.2 Å². The zero-order chi connectivity index (χ0) is 19.4. The number of hydrogen-bond acceptors (Lipinski definition) is 4. The highest BCUT2D eigenvalue weighted by atomic mass is 35.5. The van der Waals surface area contributed by atoms with Crippen molar-refractivity contribution in [3.8, 4) is 0 Å². The average molecular weight is 429 g/mol. The molecule has 1 aliphatic heterocycles. The van der Waals surface area contributed by atoms with Gasteiger partial charge in [-0.05, 0) is 55.3 Å². The zero-order valence-corrected chi connectivity index (χ0v) is 16.6. The molecule has 1 aliphatic rings. The fourth-order valence-electron chi connectivity index (χ4n) is 2.65. The Balaban J connectivity index is 1.63. The molecule has 0 spiro atoms. The second-order valence-corrected chi connectivity index (χ2v) is 8.68. The van der Waals surface area contributed by atoms with Gasteiger partial charge in [0.1, 0.15) is 0 Å². The number of sulfonamides is 1. The van der Waals surface area contributed by atoms with Crippen LogP contribution in [0.5, 0.6) is 0 Å². The first-order chi connectivity index (χ1) is 12.8. The predicted octanol–water partition coefficient (Wildman–Crippen LogP) is 3.70. The van der Waals surface area contributed by atoms with Crippen LogP contribution >= 0.6 is 23.2 Å². The summed E-state index contributed by atoms with van der Waals surface area (Å²) in [7, 11) is -3.63. The van der Waals surface area contributed by atoms with E-state index in [2.05, 4.69) is 10.0 Å². The zero-order valence-electron chi connectivity index (χ0n) is 14.2. The second kappa shape index (κ2) is 8.58. The Bertz CT molecular complexity index is 927. The molecular weight excluding hydrogens is 411 g/mol. The number of carbonyl (C=O) groups excluding carboxylic acids is 1. The molecule has 6 nitrogen and oxygen atoms in total. The molecule has 2 aromatic carbocycles. The molecule has 0 saturated carbocycles. The molecule has 0 bridgehead atoms. The van der Waals surface area contributed by atoms with Crippen molar-refractivity contribution >= 4 is 44.8 Å². The number of anilines is 1. The molecule has 1 heterocycles. The summed E-state index contributed by atoms with van der Waals surface area (Å²) in [6.45, 7) is 0.914. The van der Waals surface area contributed by atoms with Gasteiger partial charge in [-0.2, -0.15) is 0 Å². The van der Waals surface area contributed by atoms with Crippen molar-refractivity contribution in [2.24, 2.45) is 0 Å². The van der Waals surface area contributed by atoms with Gasteiger partial charge in [0, 0.05) is 24.4 Å². The lowest BCUT2D eigenvalue weighted by atomic mass is 10.2. The van der Waals surface area contributed by atoms with Crippen LogP contribution in [0.4, 0.5) is 5.69 Å². The lowest BCUT2D eigenvalue weighted by Crippen LogP contribution is -2.31. The largest absolute Gasteiger partial charge is 0.377 e. The maximum absolute atomic E-state index is 12.3. The van der Waals surface area contributed by atoms with Crippen LogP contribution < -0.4 is 10.0 Å². The molecule has 1 fully saturated rings. The molecular formula is C18H18Cl2N2O4S. The minimum Gasteiger partial charge on any atom is -0.377 e. The third kappa shape index (κ3) is 5.21. The van der Waals surface area contributed by atoms with Gasteiger partial charge in [-0.3, -0.25) is 4.79 Å². The number of ether oxygens (including phenoxy) is 1. The van der Waals surface area contributed by atoms with Gasteiger partial charge >= 0.3 is 0 Å². The smallest absolute Gasteiger partial charge is 0.255 e. The number of rotatable bonds is 6. The van der Waals surface area contributed by atoms with E-state index in [0.717, 1.165) is 12.8 Å². The molecule has 9 heteroatoms. The Labute approximate surface area is 167 Å². The molecule has 1 saturated heterocycles. The SMILES string of the molecule is O=C(Nc1ccc(S(=O)(=O)NC[C@@H]2CCCO2)cc1)c1ccc(Cl)c(Cl)c1. The predicted molar refractivity (Wildman–Crippen MR) is 105 cm³/mol. The topological polar surface area (TPSA) is 84.5 Å². The Morgan fingerprint density at radius 1 is 1.11 bits per heavy atom. The van der Waals surface area contributed by atoms with Crippen molar-refractivity contribution in [2.45, 2.75) is 23.8 Å². The third-order valence-corrected chi connectivity index (χ3v) is 6.31. The fraction of sp³-hybridized carbons (Fsp3) is 0.278. The summed E-state index contributed by atoms with van der Waals surface area (Å²) in [5, 5.41) is 3.32. The van der Waals surface area contributed by atoms with Crippen LogP contribution in [0.25, 0.3) is 0 Å². The molecule has 3 rings (SSSR count). The van der Waals surface area contributed by atoms with E-state index in [1.807, 2.05) is 0 Å². The average Bonchev–Trinajstić information content (AvgIpc) is 3.16. The highest BCUT2D eigenvalue weighted by Gasteiger charge is 2.20. The molecule has 0 radical (unpaired) electrons. The van der Waals surface area contributed by atoms with Crippen molar-refractivity contribution < 1.29 is 17.9 Å². The van der Waals surface area contributed by atoms with Gasteiger partial charge in [0.2, 0.25) is 10.0 Å². The van der Waals surface area contributed by atoms with Gasteiger partial charge in [-0.1, -0.05) is 23.2 Å². The van der Waals surface area contributed by atoms with Crippen LogP contribution in [-0.4, -0.2) is 33.6 Å². The van der Waals surface area contributed by atoms with Crippen molar-refractivity contribution in [2.75, 3.05) is 18.5 Å². The Morgan fingerprint density at radius 2 is 1.85 bits per heavy atom. The molecule has 0 unspecified atom stereocenters. The summed E-state index contributed by atoms with van der Waals surface area (Å²) in [6.07, 6.45) is 1.71. The summed E-state index contributed by atoms with van der Waals surface area (Å²) in [5.74, 6) is -0.374. The number of amides is 1. The van der Waals surface area contributed by atoms with Gasteiger partial charge < -0.3 is 10.1 Å². The number of halogens is 2. The highest BCUT2D eigenvalue weighted by molar-refractivity contribution is 7.89. The number of nitrogens with one attached hydrogen (secondary N) is 2. The first-order valence-electron chi connectivity index (χ1n) is 8.33. The molecule has 27 heavy (non-hydrogen) atoms. The van der Waals surface area contributed by atoms with Crippen molar-refractivity contribution in [3.05, 3.63) is 58.1 Å². The van der Waals surface area contributed by atoms with Gasteiger partial charge in [-0.25, -0.2) is 13.1 Å². The maximum atomic E-state index is 12.3. The van der Waals surface area contributed by atoms with E-state index in [-0.39, 0.29) is 28.5 Å².